The molecule has 0 aromatic heterocycles. The molecule has 2 aliphatic rings. The van der Waals surface area contributed by atoms with E-state index in [0.29, 0.717) is 0 Å². The summed E-state index contributed by atoms with van der Waals surface area (Å²) in [4.78, 5) is 0. The molecule has 74 heavy (non-hydrogen) atoms. The summed E-state index contributed by atoms with van der Waals surface area (Å²) in [6.07, 6.45) is 12.7. The first-order valence-electron chi connectivity index (χ1n) is 27.4. The van der Waals surface area contributed by atoms with Crippen LogP contribution in [0.1, 0.15) is 101 Å². The third kappa shape index (κ3) is 14.1. The SMILES string of the molecule is CCCCC(CC)C[NH][Hf+]([c]1cccc2c1Cc1ccccc1-2)[SiH](c1ccccc1)c1ccccc1.CCCCC(CC)C[NH][Hf+]([c]1cccc2c1Cc1ccccc1-2)[SiH](c1ccccc1)c1ccccc1.[Cl-].[Cl-]. The smallest absolute Gasteiger partial charge is 1.00 e. The maximum atomic E-state index is 4.42. The molecule has 10 rings (SSSR count). The molecular formula is C66H76Cl2Hf2N2Si2. The molecule has 8 heteroatoms. The molecule has 2 unspecified atom stereocenters. The third-order valence-electron chi connectivity index (χ3n) is 15.6. The molecule has 0 amide bonds. The van der Waals surface area contributed by atoms with Crippen LogP contribution in [0, 0.1) is 11.8 Å². The average Bonchev–Trinajstić information content (AvgIpc) is 4.03. The zero-order valence-corrected chi connectivity index (χ0v) is 55.2. The van der Waals surface area contributed by atoms with Crippen molar-refractivity contribution in [3.05, 3.63) is 229 Å². The van der Waals surface area contributed by atoms with Gasteiger partial charge in [0.05, 0.1) is 0 Å². The van der Waals surface area contributed by atoms with E-state index < -0.39 is 53.8 Å². The summed E-state index contributed by atoms with van der Waals surface area (Å²) in [5.41, 5.74) is 12.1. The number of hydrogen-bond donors (Lipinski definition) is 2. The first-order valence-corrected chi connectivity index (χ1v) is 50.5. The molecule has 0 saturated carbocycles. The molecule has 0 spiro atoms. The molecule has 0 fully saturated rings. The molecule has 380 valence electrons. The first-order chi connectivity index (χ1) is 35.6. The molecule has 0 heterocycles. The number of unbranched alkanes of at least 4 members (excludes halogenated alkanes) is 2. The van der Waals surface area contributed by atoms with Crippen molar-refractivity contribution >= 4 is 39.4 Å². The van der Waals surface area contributed by atoms with Crippen molar-refractivity contribution in [1.29, 1.82) is 0 Å². The summed E-state index contributed by atoms with van der Waals surface area (Å²) < 4.78 is 12.3. The summed E-state index contributed by atoms with van der Waals surface area (Å²) in [5, 5.41) is 6.42. The quantitative estimate of drug-likeness (QED) is 0.0875. The van der Waals surface area contributed by atoms with Gasteiger partial charge < -0.3 is 24.8 Å². The van der Waals surface area contributed by atoms with E-state index >= 15 is 0 Å². The van der Waals surface area contributed by atoms with Crippen molar-refractivity contribution in [3.63, 3.8) is 0 Å². The molecule has 0 bridgehead atoms. The Morgan fingerprint density at radius 1 is 0.378 bits per heavy atom. The van der Waals surface area contributed by atoms with E-state index in [1.807, 2.05) is 0 Å². The Hall–Kier alpha value is -3.57. The van der Waals surface area contributed by atoms with Gasteiger partial charge in [0, 0.05) is 0 Å². The number of benzene rings is 8. The maximum Gasteiger partial charge on any atom is -1.00 e. The van der Waals surface area contributed by atoms with E-state index in [-0.39, 0.29) is 24.8 Å². The molecule has 2 nitrogen and oxygen atoms in total. The zero-order chi connectivity index (χ0) is 49.5. The third-order valence-corrected chi connectivity index (χ3v) is 68.0. The van der Waals surface area contributed by atoms with E-state index in [1.165, 1.54) is 97.8 Å². The largest absolute Gasteiger partial charge is 1.00 e. The van der Waals surface area contributed by atoms with Crippen molar-refractivity contribution in [2.24, 2.45) is 11.8 Å². The Morgan fingerprint density at radius 3 is 1.01 bits per heavy atom. The van der Waals surface area contributed by atoms with Crippen LogP contribution in [0.3, 0.4) is 0 Å². The monoisotopic (exact) mass is 1380 g/mol. The van der Waals surface area contributed by atoms with Crippen molar-refractivity contribution in [2.75, 3.05) is 13.1 Å². The van der Waals surface area contributed by atoms with Crippen molar-refractivity contribution in [2.45, 2.75) is 91.9 Å². The van der Waals surface area contributed by atoms with Gasteiger partial charge in [-0.3, -0.25) is 0 Å². The standard InChI is InChI=1S/2C13H9.2C12H11Si.2C8H18N.2ClH.2Hf/c2*1-3-7-12-10(5-1)9-11-6-2-4-8-13(11)12;2*1-3-7-11(8-4-1)13-12-9-5-2-6-10-12;2*1-3-5-6-8(4-2)7-9;;;;/h2*1-5,7-8H,9H2;2*1-10,13H;2*8-9H,3-7H2,1-2H3;2*1H;;/q;;;;2*-1;;;2*+2/p-2. The molecule has 2 N–H and O–H groups in total. The molecule has 8 aromatic carbocycles. The summed E-state index contributed by atoms with van der Waals surface area (Å²) in [5.74, 6) is -1.28. The second-order valence-electron chi connectivity index (χ2n) is 20.3. The van der Waals surface area contributed by atoms with E-state index in [4.69, 9.17) is 0 Å². The van der Waals surface area contributed by atoms with Crippen molar-refractivity contribution in [3.8, 4) is 22.3 Å². The molecule has 0 aliphatic heterocycles. The second-order valence-corrected chi connectivity index (χ2v) is 58.9. The molecule has 2 aliphatic carbocycles. The molecule has 0 radical (unpaired) electrons. The van der Waals surface area contributed by atoms with Gasteiger partial charge in [0.2, 0.25) is 0 Å². The van der Waals surface area contributed by atoms with Gasteiger partial charge in [-0.15, -0.1) is 0 Å². The molecule has 2 atom stereocenters. The Kier molecular flexibility index (Phi) is 23.4. The average molecular weight is 1380 g/mol. The Balaban J connectivity index is 0.000000211. The number of rotatable bonds is 22. The van der Waals surface area contributed by atoms with Crippen LogP contribution in [0.15, 0.2) is 206 Å². The minimum Gasteiger partial charge on any atom is -1.00 e. The van der Waals surface area contributed by atoms with Gasteiger partial charge in [0.25, 0.3) is 0 Å². The first kappa shape index (κ1) is 58.1. The van der Waals surface area contributed by atoms with E-state index in [9.17, 15) is 0 Å². The van der Waals surface area contributed by atoms with Gasteiger partial charge in [0.15, 0.2) is 0 Å². The van der Waals surface area contributed by atoms with Gasteiger partial charge >= 0.3 is 455 Å². The summed E-state index contributed by atoms with van der Waals surface area (Å²) in [6, 6.07) is 78.6. The van der Waals surface area contributed by atoms with E-state index in [1.54, 1.807) is 38.5 Å². The number of nitrogens with one attached hydrogen (secondary N) is 2. The molecule has 8 aromatic rings. The summed E-state index contributed by atoms with van der Waals surface area (Å²) >= 11 is -5.12. The maximum absolute atomic E-state index is 4.42. The fraction of sp³-hybridized carbons (Fsp3) is 0.273. The van der Waals surface area contributed by atoms with E-state index in [0.717, 1.165) is 24.7 Å². The fourth-order valence-electron chi connectivity index (χ4n) is 11.6. The number of hydrogen-bond acceptors (Lipinski definition) is 2. The van der Waals surface area contributed by atoms with Crippen LogP contribution in [0.25, 0.3) is 22.3 Å². The zero-order valence-electron chi connectivity index (χ0n) is 44.2. The van der Waals surface area contributed by atoms with Crippen LogP contribution >= 0.6 is 0 Å². The normalized spacial score (nSPS) is 12.5. The van der Waals surface area contributed by atoms with Crippen LogP contribution in [0.5, 0.6) is 0 Å². The predicted octanol–water partition coefficient (Wildman–Crippen LogP) is 5.53. The van der Waals surface area contributed by atoms with Crippen molar-refractivity contribution in [1.82, 2.24) is 6.61 Å². The topological polar surface area (TPSA) is 24.1 Å². The Morgan fingerprint density at radius 2 is 0.689 bits per heavy atom. The van der Waals surface area contributed by atoms with Crippen LogP contribution in [-0.2, 0) is 54.6 Å². The molecule has 0 saturated heterocycles. The molecular weight excluding hydrogens is 1300 g/mol. The minimum atomic E-state index is -2.56. The second kappa shape index (κ2) is 29.8. The fourth-order valence-corrected chi connectivity index (χ4v) is 68.2. The van der Waals surface area contributed by atoms with Gasteiger partial charge in [-0.1, -0.05) is 0 Å². The number of halogens is 2. The minimum absolute atomic E-state index is 0. The number of fused-ring (bicyclic) bond motifs is 6. The predicted molar refractivity (Wildman–Crippen MR) is 310 cm³/mol. The van der Waals surface area contributed by atoms with E-state index in [2.05, 4.69) is 241 Å². The van der Waals surface area contributed by atoms with Crippen LogP contribution in [0.4, 0.5) is 0 Å². The Labute approximate surface area is 475 Å². The summed E-state index contributed by atoms with van der Waals surface area (Å²) in [6.45, 7) is 11.8. The van der Waals surface area contributed by atoms with Gasteiger partial charge in [-0.05, 0) is 0 Å². The van der Waals surface area contributed by atoms with Crippen LogP contribution < -0.4 is 58.8 Å². The Bertz CT molecular complexity index is 2650. The van der Waals surface area contributed by atoms with Gasteiger partial charge in [-0.2, -0.15) is 0 Å². The van der Waals surface area contributed by atoms with Gasteiger partial charge in [0.1, 0.15) is 0 Å². The van der Waals surface area contributed by atoms with Gasteiger partial charge in [-0.25, -0.2) is 0 Å². The van der Waals surface area contributed by atoms with Crippen molar-refractivity contribution < 1.29 is 66.6 Å². The van der Waals surface area contributed by atoms with Crippen LogP contribution in [-0.4, -0.2) is 25.1 Å². The van der Waals surface area contributed by atoms with Crippen LogP contribution in [0.2, 0.25) is 0 Å². The summed E-state index contributed by atoms with van der Waals surface area (Å²) in [7, 11) is 0.